The fraction of sp³-hybridized carbons (Fsp3) is 0.391. The number of unbranched alkanes of at least 4 members (excludes halogenated alkanes) is 3. The summed E-state index contributed by atoms with van der Waals surface area (Å²) in [6.07, 6.45) is 11.3. The molecule has 3 aromatic rings. The largest absolute Gasteiger partial charge is 0.351 e. The van der Waals surface area contributed by atoms with Crippen LogP contribution in [0.15, 0.2) is 60.1 Å². The Hall–Kier alpha value is -2.62. The Labute approximate surface area is 162 Å². The topological polar surface area (TPSA) is 44.3 Å². The van der Waals surface area contributed by atoms with Crippen LogP contribution in [0.2, 0.25) is 0 Å². The van der Waals surface area contributed by atoms with Gasteiger partial charge < -0.3 is 9.88 Å². The predicted octanol–water partition coefficient (Wildman–Crippen LogP) is 5.81. The van der Waals surface area contributed by atoms with Gasteiger partial charge in [0.15, 0.2) is 0 Å². The molecular formula is C23H30N4. The number of hydrogen-bond donors (Lipinski definition) is 1. The van der Waals surface area contributed by atoms with Gasteiger partial charge in [-0.3, -0.25) is 4.99 Å². The molecule has 0 atom stereocenters. The fourth-order valence-electron chi connectivity index (χ4n) is 3.52. The molecule has 0 aliphatic carbocycles. The number of benzene rings is 2. The van der Waals surface area contributed by atoms with Crippen LogP contribution in [-0.2, 0) is 0 Å². The van der Waals surface area contributed by atoms with Crippen molar-refractivity contribution in [2.45, 2.75) is 46.0 Å². The van der Waals surface area contributed by atoms with Gasteiger partial charge in [0, 0.05) is 36.4 Å². The molecule has 0 fully saturated rings. The zero-order valence-corrected chi connectivity index (χ0v) is 16.5. The van der Waals surface area contributed by atoms with Crippen molar-refractivity contribution in [1.29, 1.82) is 0 Å². The average Bonchev–Trinajstić information content (AvgIpc) is 3.37. The molecule has 0 amide bonds. The molecule has 2 heterocycles. The van der Waals surface area contributed by atoms with Crippen molar-refractivity contribution in [3.05, 3.63) is 60.7 Å². The van der Waals surface area contributed by atoms with E-state index >= 15 is 0 Å². The lowest BCUT2D eigenvalue weighted by molar-refractivity contribution is 0.672. The second-order valence-electron chi connectivity index (χ2n) is 6.86. The molecule has 27 heavy (non-hydrogen) atoms. The Balaban J connectivity index is 0.000000364. The first-order valence-electron chi connectivity index (χ1n) is 10.1. The molecule has 1 N–H and O–H groups in total. The number of imidazole rings is 1. The van der Waals surface area contributed by atoms with Crippen LogP contribution in [0.25, 0.3) is 10.8 Å². The van der Waals surface area contributed by atoms with Gasteiger partial charge in [0.05, 0.1) is 12.0 Å². The van der Waals surface area contributed by atoms with E-state index in [2.05, 4.69) is 65.1 Å². The Morgan fingerprint density at radius 1 is 1.00 bits per heavy atom. The summed E-state index contributed by atoms with van der Waals surface area (Å²) in [6.45, 7) is 6.44. The van der Waals surface area contributed by atoms with E-state index in [0.29, 0.717) is 0 Å². The Morgan fingerprint density at radius 2 is 1.85 bits per heavy atom. The fourth-order valence-corrected chi connectivity index (χ4v) is 3.52. The monoisotopic (exact) mass is 362 g/mol. The van der Waals surface area contributed by atoms with Crippen LogP contribution in [-0.4, -0.2) is 28.9 Å². The lowest BCUT2D eigenvalue weighted by Crippen LogP contribution is -2.29. The SMILES string of the molecule is CCCCCCN1C(=NCCC)c2cccc3cccc1c23.c1c[nH]cn1. The highest BCUT2D eigenvalue weighted by atomic mass is 15.2. The van der Waals surface area contributed by atoms with Gasteiger partial charge in [-0.25, -0.2) is 4.98 Å². The first kappa shape index (κ1) is 19.2. The van der Waals surface area contributed by atoms with Gasteiger partial charge in [0.25, 0.3) is 0 Å². The molecule has 0 saturated carbocycles. The van der Waals surface area contributed by atoms with Crippen molar-refractivity contribution < 1.29 is 0 Å². The number of rotatable bonds is 7. The number of aromatic amines is 1. The summed E-state index contributed by atoms with van der Waals surface area (Å²) < 4.78 is 0. The zero-order valence-electron chi connectivity index (χ0n) is 16.5. The molecule has 0 bridgehead atoms. The van der Waals surface area contributed by atoms with Crippen LogP contribution in [0.1, 0.15) is 51.5 Å². The van der Waals surface area contributed by atoms with Crippen LogP contribution in [0.5, 0.6) is 0 Å². The van der Waals surface area contributed by atoms with E-state index in [0.717, 1.165) is 19.5 Å². The van der Waals surface area contributed by atoms with Crippen molar-refractivity contribution >= 4 is 22.3 Å². The van der Waals surface area contributed by atoms with Gasteiger partial charge in [-0.1, -0.05) is 63.4 Å². The Bertz CT molecular complexity index is 829. The second-order valence-corrected chi connectivity index (χ2v) is 6.86. The number of aromatic nitrogens is 2. The number of aliphatic imine (C=N–C) groups is 1. The predicted molar refractivity (Wildman–Crippen MR) is 116 cm³/mol. The lowest BCUT2D eigenvalue weighted by Gasteiger charge is -2.21. The standard InChI is InChI=1S/C20H26N2.C3H4N2/c1-3-5-6-7-15-22-18-13-9-11-16-10-8-12-17(19(16)18)20(22)21-14-4-2;1-2-5-3-4-1/h8-13H,3-7,14-15H2,1-2H3;1-3H,(H,4,5). The first-order chi connectivity index (χ1) is 13.4. The molecule has 1 aliphatic heterocycles. The van der Waals surface area contributed by atoms with E-state index in [9.17, 15) is 0 Å². The molecule has 142 valence electrons. The molecule has 1 aromatic heterocycles. The van der Waals surface area contributed by atoms with E-state index in [4.69, 9.17) is 4.99 Å². The molecule has 4 nitrogen and oxygen atoms in total. The third kappa shape index (κ3) is 4.57. The normalized spacial score (nSPS) is 13.9. The maximum Gasteiger partial charge on any atom is 0.136 e. The van der Waals surface area contributed by atoms with Crippen molar-refractivity contribution in [1.82, 2.24) is 9.97 Å². The summed E-state index contributed by atoms with van der Waals surface area (Å²) in [4.78, 5) is 13.8. The number of hydrogen-bond acceptors (Lipinski definition) is 2. The minimum atomic E-state index is 0.908. The van der Waals surface area contributed by atoms with Crippen LogP contribution in [0.3, 0.4) is 0 Å². The third-order valence-corrected chi connectivity index (χ3v) is 4.80. The number of nitrogens with zero attached hydrogens (tertiary/aromatic N) is 3. The summed E-state index contributed by atoms with van der Waals surface area (Å²) in [5.41, 5.74) is 2.66. The maximum absolute atomic E-state index is 4.90. The molecule has 0 spiro atoms. The van der Waals surface area contributed by atoms with Gasteiger partial charge in [-0.05, 0) is 24.3 Å². The summed E-state index contributed by atoms with van der Waals surface area (Å²) in [6, 6.07) is 13.2. The highest BCUT2D eigenvalue weighted by molar-refractivity contribution is 6.27. The van der Waals surface area contributed by atoms with Gasteiger partial charge in [-0.2, -0.15) is 0 Å². The molecule has 1 aliphatic rings. The smallest absolute Gasteiger partial charge is 0.136 e. The molecule has 0 unspecified atom stereocenters. The second kappa shape index (κ2) is 9.91. The number of anilines is 1. The maximum atomic E-state index is 4.90. The minimum absolute atomic E-state index is 0.908. The summed E-state index contributed by atoms with van der Waals surface area (Å²) in [7, 11) is 0. The van der Waals surface area contributed by atoms with Crippen LogP contribution < -0.4 is 4.90 Å². The third-order valence-electron chi connectivity index (χ3n) is 4.80. The van der Waals surface area contributed by atoms with Gasteiger partial charge in [0.2, 0.25) is 0 Å². The molecular weight excluding hydrogens is 332 g/mol. The lowest BCUT2D eigenvalue weighted by atomic mass is 10.1. The number of amidine groups is 1. The Morgan fingerprint density at radius 3 is 2.52 bits per heavy atom. The van der Waals surface area contributed by atoms with E-state index < -0.39 is 0 Å². The van der Waals surface area contributed by atoms with E-state index in [1.807, 2.05) is 0 Å². The van der Waals surface area contributed by atoms with Crippen molar-refractivity contribution in [2.75, 3.05) is 18.0 Å². The number of H-pyrrole nitrogens is 1. The highest BCUT2D eigenvalue weighted by Crippen LogP contribution is 2.37. The highest BCUT2D eigenvalue weighted by Gasteiger charge is 2.26. The molecule has 0 saturated heterocycles. The van der Waals surface area contributed by atoms with Gasteiger partial charge >= 0.3 is 0 Å². The first-order valence-corrected chi connectivity index (χ1v) is 10.1. The van der Waals surface area contributed by atoms with Crippen molar-refractivity contribution in [3.63, 3.8) is 0 Å². The summed E-state index contributed by atoms with van der Waals surface area (Å²) in [5.74, 6) is 1.19. The van der Waals surface area contributed by atoms with E-state index in [-0.39, 0.29) is 0 Å². The van der Waals surface area contributed by atoms with Crippen LogP contribution in [0.4, 0.5) is 5.69 Å². The quantitative estimate of drug-likeness (QED) is 0.539. The summed E-state index contributed by atoms with van der Waals surface area (Å²) >= 11 is 0. The zero-order chi connectivity index (χ0) is 18.9. The van der Waals surface area contributed by atoms with Gasteiger partial charge in [-0.15, -0.1) is 0 Å². The average molecular weight is 363 g/mol. The Kier molecular flexibility index (Phi) is 7.03. The van der Waals surface area contributed by atoms with Gasteiger partial charge in [0.1, 0.15) is 5.84 Å². The van der Waals surface area contributed by atoms with Crippen LogP contribution in [0, 0.1) is 0 Å². The number of nitrogens with one attached hydrogen (secondary N) is 1. The molecule has 0 radical (unpaired) electrons. The van der Waals surface area contributed by atoms with E-state index in [1.165, 1.54) is 53.5 Å². The van der Waals surface area contributed by atoms with Crippen LogP contribution >= 0.6 is 0 Å². The van der Waals surface area contributed by atoms with Crippen molar-refractivity contribution in [2.24, 2.45) is 4.99 Å². The summed E-state index contributed by atoms with van der Waals surface area (Å²) in [5, 5.41) is 2.71. The van der Waals surface area contributed by atoms with Crippen molar-refractivity contribution in [3.8, 4) is 0 Å². The molecule has 4 heteroatoms. The molecule has 2 aromatic carbocycles. The van der Waals surface area contributed by atoms with E-state index in [1.54, 1.807) is 18.7 Å². The minimum Gasteiger partial charge on any atom is -0.351 e. The molecule has 4 rings (SSSR count).